The fourth-order valence-electron chi connectivity index (χ4n) is 4.38. The zero-order valence-corrected chi connectivity index (χ0v) is 13.5. The Labute approximate surface area is 131 Å². The van der Waals surface area contributed by atoms with Crippen LogP contribution in [0.15, 0.2) is 11.6 Å². The van der Waals surface area contributed by atoms with E-state index in [4.69, 9.17) is 4.74 Å². The lowest BCUT2D eigenvalue weighted by Crippen LogP contribution is -2.66. The number of anilines is 1. The highest BCUT2D eigenvalue weighted by atomic mass is 32.1. The van der Waals surface area contributed by atoms with E-state index < -0.39 is 0 Å². The molecule has 0 radical (unpaired) electrons. The first kappa shape index (κ1) is 14.0. The molecule has 2 aromatic heterocycles. The number of hydrogen-bond donors (Lipinski definition) is 0. The molecule has 22 heavy (non-hydrogen) atoms. The largest absolute Gasteiger partial charge is 0.377 e. The third kappa shape index (κ3) is 1.62. The minimum absolute atomic E-state index is 0.0270. The number of aromatic nitrogens is 2. The Morgan fingerprint density at radius 2 is 2.36 bits per heavy atom. The van der Waals surface area contributed by atoms with Gasteiger partial charge in [0.2, 0.25) is 5.82 Å². The molecule has 118 valence electrons. The topological polar surface area (TPSA) is 72.9 Å². The van der Waals surface area contributed by atoms with Gasteiger partial charge in [-0.2, -0.15) is 9.38 Å². The molecule has 3 heterocycles. The molecule has 1 aliphatic carbocycles. The van der Waals surface area contributed by atoms with Crippen molar-refractivity contribution in [3.05, 3.63) is 21.7 Å². The van der Waals surface area contributed by atoms with Crippen molar-refractivity contribution < 1.29 is 9.66 Å². The highest BCUT2D eigenvalue weighted by Gasteiger charge is 2.61. The molecule has 3 atom stereocenters. The van der Waals surface area contributed by atoms with Crippen LogP contribution < -0.4 is 4.90 Å². The van der Waals surface area contributed by atoms with Gasteiger partial charge < -0.3 is 19.8 Å². The Morgan fingerprint density at radius 1 is 1.59 bits per heavy atom. The molecule has 0 unspecified atom stereocenters. The summed E-state index contributed by atoms with van der Waals surface area (Å²) in [6.45, 7) is 5.12. The number of fused-ring (bicyclic) bond motifs is 2. The van der Waals surface area contributed by atoms with E-state index in [1.54, 1.807) is 10.6 Å². The smallest absolute Gasteiger partial charge is 0.373 e. The quantitative estimate of drug-likeness (QED) is 0.641. The van der Waals surface area contributed by atoms with Gasteiger partial charge in [0.05, 0.1) is 6.10 Å². The van der Waals surface area contributed by atoms with Gasteiger partial charge in [0.1, 0.15) is 6.20 Å². The van der Waals surface area contributed by atoms with E-state index in [2.05, 4.69) is 18.8 Å². The van der Waals surface area contributed by atoms with Crippen LogP contribution >= 0.6 is 11.3 Å². The van der Waals surface area contributed by atoms with Crippen molar-refractivity contribution in [2.45, 2.75) is 32.4 Å². The number of ether oxygens (including phenoxy) is 1. The molecule has 1 saturated carbocycles. The van der Waals surface area contributed by atoms with Crippen molar-refractivity contribution >= 4 is 27.9 Å². The van der Waals surface area contributed by atoms with E-state index in [0.29, 0.717) is 16.7 Å². The minimum atomic E-state index is -0.340. The Bertz CT molecular complexity index is 752. The van der Waals surface area contributed by atoms with Crippen LogP contribution in [0.5, 0.6) is 0 Å². The molecule has 7 nitrogen and oxygen atoms in total. The Hall–Kier alpha value is -1.67. The summed E-state index contributed by atoms with van der Waals surface area (Å²) in [5.41, 5.74) is -0.0270. The van der Waals surface area contributed by atoms with E-state index in [0.717, 1.165) is 13.0 Å². The first-order valence-electron chi connectivity index (χ1n) is 7.37. The third-order valence-corrected chi connectivity index (χ3v) is 5.94. The van der Waals surface area contributed by atoms with Gasteiger partial charge in [-0.3, -0.25) is 0 Å². The van der Waals surface area contributed by atoms with Gasteiger partial charge in [0.15, 0.2) is 0 Å². The van der Waals surface area contributed by atoms with Gasteiger partial charge in [-0.25, -0.2) is 0 Å². The fraction of sp³-hybridized carbons (Fsp3) is 0.643. The highest BCUT2D eigenvalue weighted by Crippen LogP contribution is 2.55. The molecule has 0 bridgehead atoms. The lowest BCUT2D eigenvalue weighted by atomic mass is 9.57. The SMILES string of the molecule is CN(c1nc2sccn2c1[N+](=O)[O-])[C@@H]1[C@H]2CCO[C@H]2C1(C)C. The zero-order chi connectivity index (χ0) is 15.6. The van der Waals surface area contributed by atoms with E-state index in [1.807, 2.05) is 17.3 Å². The van der Waals surface area contributed by atoms with Crippen molar-refractivity contribution in [2.75, 3.05) is 18.6 Å². The van der Waals surface area contributed by atoms with Crippen LogP contribution in [-0.4, -0.2) is 40.1 Å². The molecule has 1 aliphatic heterocycles. The lowest BCUT2D eigenvalue weighted by molar-refractivity contribution is -0.389. The highest BCUT2D eigenvalue weighted by molar-refractivity contribution is 7.15. The molecule has 2 aliphatic rings. The Balaban J connectivity index is 1.77. The van der Waals surface area contributed by atoms with Gasteiger partial charge in [0, 0.05) is 36.4 Å². The summed E-state index contributed by atoms with van der Waals surface area (Å²) in [5.74, 6) is 0.941. The molecule has 0 amide bonds. The molecule has 0 aromatic carbocycles. The summed E-state index contributed by atoms with van der Waals surface area (Å²) in [6, 6.07) is 0.211. The number of rotatable bonds is 3. The zero-order valence-electron chi connectivity index (χ0n) is 12.7. The van der Waals surface area contributed by atoms with Crippen molar-refractivity contribution in [1.82, 2.24) is 9.38 Å². The van der Waals surface area contributed by atoms with Crippen LogP contribution in [0.3, 0.4) is 0 Å². The number of imidazole rings is 1. The molecule has 8 heteroatoms. The molecular formula is C14H18N4O3S. The second-order valence-corrected chi connectivity index (χ2v) is 7.57. The van der Waals surface area contributed by atoms with Crippen LogP contribution in [0.2, 0.25) is 0 Å². The molecule has 0 spiro atoms. The number of thiazole rings is 1. The summed E-state index contributed by atoms with van der Waals surface area (Å²) in [4.78, 5) is 18.3. The third-order valence-electron chi connectivity index (χ3n) is 5.18. The average Bonchev–Trinajstić information content (AvgIpc) is 3.10. The van der Waals surface area contributed by atoms with E-state index >= 15 is 0 Å². The standard InChI is InChI=1S/C14H18N4O3S/c1-14(2)9(8-4-6-21-10(8)14)16(3)11-12(18(19)20)17-5-7-22-13(17)15-11/h5,7-10H,4,6H2,1-3H3/t8-,9-,10-/m1/s1. The summed E-state index contributed by atoms with van der Waals surface area (Å²) in [5, 5.41) is 13.3. The monoisotopic (exact) mass is 322 g/mol. The van der Waals surface area contributed by atoms with Crippen LogP contribution in [0.1, 0.15) is 20.3 Å². The normalized spacial score (nSPS) is 29.3. The van der Waals surface area contributed by atoms with E-state index in [1.165, 1.54) is 11.3 Å². The van der Waals surface area contributed by atoms with Crippen LogP contribution in [0.25, 0.3) is 4.96 Å². The van der Waals surface area contributed by atoms with Gasteiger partial charge in [-0.05, 0) is 11.3 Å². The summed E-state index contributed by atoms with van der Waals surface area (Å²) in [6.07, 6.45) is 2.97. The average molecular weight is 322 g/mol. The van der Waals surface area contributed by atoms with Crippen molar-refractivity contribution in [2.24, 2.45) is 11.3 Å². The molecule has 2 fully saturated rings. The maximum Gasteiger partial charge on any atom is 0.373 e. The maximum atomic E-state index is 11.5. The summed E-state index contributed by atoms with van der Waals surface area (Å²) < 4.78 is 7.38. The molecule has 2 aromatic rings. The number of nitrogens with zero attached hydrogens (tertiary/aromatic N) is 4. The van der Waals surface area contributed by atoms with Crippen LogP contribution in [0, 0.1) is 21.4 Å². The molecule has 4 rings (SSSR count). The summed E-state index contributed by atoms with van der Waals surface area (Å²) >= 11 is 1.41. The summed E-state index contributed by atoms with van der Waals surface area (Å²) in [7, 11) is 1.92. The maximum absolute atomic E-state index is 11.5. The molecule has 0 N–H and O–H groups in total. The Morgan fingerprint density at radius 3 is 3.09 bits per heavy atom. The predicted octanol–water partition coefficient (Wildman–Crippen LogP) is 2.55. The second kappa shape index (κ2) is 4.42. The lowest BCUT2D eigenvalue weighted by Gasteiger charge is -2.57. The van der Waals surface area contributed by atoms with Crippen molar-refractivity contribution in [3.63, 3.8) is 0 Å². The van der Waals surface area contributed by atoms with Gasteiger partial charge in [0.25, 0.3) is 4.96 Å². The Kier molecular flexibility index (Phi) is 2.80. The van der Waals surface area contributed by atoms with Gasteiger partial charge in [-0.1, -0.05) is 25.2 Å². The van der Waals surface area contributed by atoms with Gasteiger partial charge >= 0.3 is 5.82 Å². The predicted molar refractivity (Wildman–Crippen MR) is 83.5 cm³/mol. The first-order valence-corrected chi connectivity index (χ1v) is 8.25. The second-order valence-electron chi connectivity index (χ2n) is 6.69. The van der Waals surface area contributed by atoms with Crippen LogP contribution in [0.4, 0.5) is 11.6 Å². The molecule has 1 saturated heterocycles. The van der Waals surface area contributed by atoms with Gasteiger partial charge in [-0.15, -0.1) is 0 Å². The first-order chi connectivity index (χ1) is 10.4. The number of hydrogen-bond acceptors (Lipinski definition) is 6. The minimum Gasteiger partial charge on any atom is -0.377 e. The van der Waals surface area contributed by atoms with E-state index in [-0.39, 0.29) is 28.3 Å². The molecular weight excluding hydrogens is 304 g/mol. The van der Waals surface area contributed by atoms with Crippen LogP contribution in [-0.2, 0) is 4.74 Å². The number of nitro groups is 1. The van der Waals surface area contributed by atoms with Crippen molar-refractivity contribution in [1.29, 1.82) is 0 Å². The van der Waals surface area contributed by atoms with Crippen molar-refractivity contribution in [3.8, 4) is 0 Å². The fourth-order valence-corrected chi connectivity index (χ4v) is 5.09. The van der Waals surface area contributed by atoms with E-state index in [9.17, 15) is 10.1 Å².